The van der Waals surface area contributed by atoms with Crippen LogP contribution in [0.25, 0.3) is 0 Å². The molecule has 0 saturated carbocycles. The lowest BCUT2D eigenvalue weighted by Gasteiger charge is -2.12. The van der Waals surface area contributed by atoms with Gasteiger partial charge in [0.25, 0.3) is 0 Å². The second kappa shape index (κ2) is 7.89. The van der Waals surface area contributed by atoms with Gasteiger partial charge in [-0.05, 0) is 46.9 Å². The number of rotatable bonds is 6. The monoisotopic (exact) mass is 335 g/mol. The van der Waals surface area contributed by atoms with Crippen molar-refractivity contribution in [2.24, 2.45) is 0 Å². The van der Waals surface area contributed by atoms with Crippen molar-refractivity contribution in [1.82, 2.24) is 5.32 Å². The van der Waals surface area contributed by atoms with Gasteiger partial charge in [0.15, 0.2) is 0 Å². The first-order chi connectivity index (χ1) is 10.6. The van der Waals surface area contributed by atoms with Crippen molar-refractivity contribution in [1.29, 1.82) is 0 Å². The molecule has 1 amide bonds. The highest BCUT2D eigenvalue weighted by molar-refractivity contribution is 9.10. The Hall–Kier alpha value is -1.43. The van der Waals surface area contributed by atoms with Crippen LogP contribution in [0.2, 0.25) is 0 Å². The standard InChI is InChI=1S/C13H18BrNO4/c1-4-19-13(16)15-6-5-9-7-12(18-3)10(14)8-11(9)17-2/h7-8H,4-6H2,1-3H3,(H,15,16)/i5D2,6D2. The Kier molecular flexibility index (Phi) is 4.30. The summed E-state index contributed by atoms with van der Waals surface area (Å²) < 4.78 is 47.5. The molecule has 1 N–H and O–H groups in total. The zero-order valence-electron chi connectivity index (χ0n) is 14.9. The molecule has 0 atom stereocenters. The average molecular weight is 336 g/mol. The first-order valence-corrected chi connectivity index (χ1v) is 6.27. The topological polar surface area (TPSA) is 56.8 Å². The number of nitrogens with one attached hydrogen (secondary N) is 1. The summed E-state index contributed by atoms with van der Waals surface area (Å²) in [4.78, 5) is 11.5. The Balaban J connectivity index is 3.32. The van der Waals surface area contributed by atoms with Crippen LogP contribution >= 0.6 is 15.9 Å². The summed E-state index contributed by atoms with van der Waals surface area (Å²) in [5.74, 6) is 0.411. The number of hydrogen-bond acceptors (Lipinski definition) is 4. The highest BCUT2D eigenvalue weighted by atomic mass is 79.9. The minimum absolute atomic E-state index is 0.0420. The number of ether oxygens (including phenoxy) is 3. The Bertz CT molecular complexity index is 583. The van der Waals surface area contributed by atoms with Gasteiger partial charge in [-0.15, -0.1) is 0 Å². The molecule has 1 aromatic rings. The van der Waals surface area contributed by atoms with Gasteiger partial charge in [0, 0.05) is 12.0 Å². The molecule has 1 rings (SSSR count). The Morgan fingerprint density at radius 2 is 2.05 bits per heavy atom. The van der Waals surface area contributed by atoms with Gasteiger partial charge in [-0.25, -0.2) is 4.79 Å². The van der Waals surface area contributed by atoms with E-state index in [0.717, 1.165) is 0 Å². The number of halogens is 1. The minimum atomic E-state index is -2.74. The zero-order chi connectivity index (χ0) is 17.8. The van der Waals surface area contributed by atoms with Gasteiger partial charge >= 0.3 is 6.09 Å². The number of benzene rings is 1. The molecule has 0 aromatic heterocycles. The lowest BCUT2D eigenvalue weighted by Crippen LogP contribution is -2.26. The number of aryl methyl sites for hydroxylation is 1. The fourth-order valence-electron chi connectivity index (χ4n) is 1.27. The van der Waals surface area contributed by atoms with Crippen LogP contribution in [0.3, 0.4) is 0 Å². The number of carbonyl (C=O) groups is 1. The predicted molar refractivity (Wildman–Crippen MR) is 76.0 cm³/mol. The van der Waals surface area contributed by atoms with E-state index in [1.165, 1.54) is 26.4 Å². The van der Waals surface area contributed by atoms with Crippen molar-refractivity contribution in [3.8, 4) is 11.5 Å². The Morgan fingerprint density at radius 1 is 1.37 bits per heavy atom. The van der Waals surface area contributed by atoms with E-state index >= 15 is 0 Å². The maximum absolute atomic E-state index is 11.5. The van der Waals surface area contributed by atoms with Gasteiger partial charge in [-0.2, -0.15) is 0 Å². The van der Waals surface area contributed by atoms with Gasteiger partial charge in [0.05, 0.1) is 25.3 Å². The second-order valence-corrected chi connectivity index (χ2v) is 4.14. The molecule has 0 radical (unpaired) electrons. The zero-order valence-corrected chi connectivity index (χ0v) is 12.5. The molecule has 106 valence electrons. The van der Waals surface area contributed by atoms with Gasteiger partial charge in [0.1, 0.15) is 11.5 Å². The largest absolute Gasteiger partial charge is 0.496 e. The molecule has 6 heteroatoms. The van der Waals surface area contributed by atoms with Gasteiger partial charge < -0.3 is 19.5 Å². The third kappa shape index (κ3) is 4.63. The smallest absolute Gasteiger partial charge is 0.407 e. The van der Waals surface area contributed by atoms with Crippen LogP contribution < -0.4 is 14.8 Å². The van der Waals surface area contributed by atoms with E-state index in [4.69, 9.17) is 15.0 Å². The molecule has 5 nitrogen and oxygen atoms in total. The molecule has 0 heterocycles. The number of hydrogen-bond donors (Lipinski definition) is 1. The summed E-state index contributed by atoms with van der Waals surface area (Å²) in [6.07, 6.45) is -3.66. The summed E-state index contributed by atoms with van der Waals surface area (Å²) in [6, 6.07) is 2.78. The molecule has 0 aliphatic heterocycles. The van der Waals surface area contributed by atoms with Crippen molar-refractivity contribution in [3.63, 3.8) is 0 Å². The summed E-state index contributed by atoms with van der Waals surface area (Å²) in [7, 11) is 2.74. The van der Waals surface area contributed by atoms with Crippen molar-refractivity contribution in [2.75, 3.05) is 27.3 Å². The van der Waals surface area contributed by atoms with E-state index in [0.29, 0.717) is 10.2 Å². The lowest BCUT2D eigenvalue weighted by atomic mass is 10.1. The number of methoxy groups -OCH3 is 2. The van der Waals surface area contributed by atoms with Crippen LogP contribution in [0.15, 0.2) is 16.6 Å². The molecule has 19 heavy (non-hydrogen) atoms. The molecule has 0 unspecified atom stereocenters. The minimum Gasteiger partial charge on any atom is -0.496 e. The second-order valence-electron chi connectivity index (χ2n) is 3.28. The fourth-order valence-corrected chi connectivity index (χ4v) is 1.76. The molecule has 0 saturated heterocycles. The van der Waals surface area contributed by atoms with Crippen molar-refractivity contribution < 1.29 is 24.5 Å². The fraction of sp³-hybridized carbons (Fsp3) is 0.462. The summed E-state index contributed by atoms with van der Waals surface area (Å²) in [6.45, 7) is -1.14. The van der Waals surface area contributed by atoms with Crippen LogP contribution in [0.4, 0.5) is 4.79 Å². The van der Waals surface area contributed by atoms with Gasteiger partial charge in [0.2, 0.25) is 0 Å². The SMILES string of the molecule is [2H]C([2H])(NC(=O)OCC)C([2H])([2H])c1cc(OC)c(Br)cc1OC. The molecule has 1 aromatic carbocycles. The van der Waals surface area contributed by atoms with Crippen molar-refractivity contribution >= 4 is 22.0 Å². The van der Waals surface area contributed by atoms with E-state index in [2.05, 4.69) is 20.7 Å². The third-order valence-electron chi connectivity index (χ3n) is 2.11. The van der Waals surface area contributed by atoms with Crippen LogP contribution in [0.1, 0.15) is 18.0 Å². The van der Waals surface area contributed by atoms with Crippen LogP contribution in [0.5, 0.6) is 11.5 Å². The van der Waals surface area contributed by atoms with E-state index in [1.807, 2.05) is 5.32 Å². The van der Waals surface area contributed by atoms with E-state index in [9.17, 15) is 4.79 Å². The summed E-state index contributed by atoms with van der Waals surface area (Å²) in [5.41, 5.74) is -0.109. The predicted octanol–water partition coefficient (Wildman–Crippen LogP) is 2.75. The van der Waals surface area contributed by atoms with Crippen molar-refractivity contribution in [2.45, 2.75) is 13.3 Å². The molecule has 0 aliphatic carbocycles. The molecule has 0 spiro atoms. The maximum atomic E-state index is 11.5. The van der Waals surface area contributed by atoms with Crippen LogP contribution in [0, 0.1) is 0 Å². The third-order valence-corrected chi connectivity index (χ3v) is 2.73. The van der Waals surface area contributed by atoms with Gasteiger partial charge in [-0.1, -0.05) is 0 Å². The highest BCUT2D eigenvalue weighted by Gasteiger charge is 2.10. The van der Waals surface area contributed by atoms with E-state index < -0.39 is 19.0 Å². The summed E-state index contributed by atoms with van der Waals surface area (Å²) in [5, 5.41) is 1.89. The Morgan fingerprint density at radius 3 is 2.63 bits per heavy atom. The number of amides is 1. The lowest BCUT2D eigenvalue weighted by molar-refractivity contribution is 0.152. The van der Waals surface area contributed by atoms with E-state index in [-0.39, 0.29) is 17.9 Å². The quantitative estimate of drug-likeness (QED) is 0.868. The molecular formula is C13H18BrNO4. The number of carbonyl (C=O) groups excluding carboxylic acids is 1. The van der Waals surface area contributed by atoms with E-state index in [1.54, 1.807) is 6.92 Å². The molecule has 0 fully saturated rings. The van der Waals surface area contributed by atoms with Crippen molar-refractivity contribution in [3.05, 3.63) is 22.2 Å². The average Bonchev–Trinajstić information content (AvgIpc) is 2.46. The highest BCUT2D eigenvalue weighted by Crippen LogP contribution is 2.32. The molecule has 0 aliphatic rings. The normalized spacial score (nSPS) is 14.5. The summed E-state index contributed by atoms with van der Waals surface area (Å²) >= 11 is 3.25. The van der Waals surface area contributed by atoms with Gasteiger partial charge in [-0.3, -0.25) is 0 Å². The molecule has 0 bridgehead atoms. The first kappa shape index (κ1) is 10.4. The number of alkyl carbamates (subject to hydrolysis) is 1. The van der Waals surface area contributed by atoms with Crippen LogP contribution in [-0.2, 0) is 11.1 Å². The molecular weight excluding hydrogens is 314 g/mol. The Labute approximate surface area is 127 Å². The first-order valence-electron chi connectivity index (χ1n) is 7.47. The maximum Gasteiger partial charge on any atom is 0.407 e. The van der Waals surface area contributed by atoms with Crippen LogP contribution in [-0.4, -0.2) is 33.4 Å².